The van der Waals surface area contributed by atoms with Crippen molar-refractivity contribution in [3.63, 3.8) is 0 Å². The molecule has 2 amide bonds. The summed E-state index contributed by atoms with van der Waals surface area (Å²) in [6, 6.07) is 4.44. The lowest BCUT2D eigenvalue weighted by Crippen LogP contribution is -2.59. The van der Waals surface area contributed by atoms with E-state index in [9.17, 15) is 18.8 Å². The number of rotatable bonds is 11. The topological polar surface area (TPSA) is 110 Å². The minimum Gasteiger partial charge on any atom is -0.355 e. The first-order valence-corrected chi connectivity index (χ1v) is 14.3. The van der Waals surface area contributed by atoms with Crippen LogP contribution in [0.3, 0.4) is 0 Å². The molecule has 0 saturated carbocycles. The molecule has 3 aromatic rings. The zero-order chi connectivity index (χ0) is 31.0. The molecule has 4 heterocycles. The van der Waals surface area contributed by atoms with Crippen LogP contribution >= 0.6 is 0 Å². The number of fused-ring (bicyclic) bond motifs is 1. The maximum absolute atomic E-state index is 14.6. The van der Waals surface area contributed by atoms with E-state index in [2.05, 4.69) is 20.4 Å². The number of hydrogen-bond donors (Lipinski definition) is 1. The molecule has 2 fully saturated rings. The van der Waals surface area contributed by atoms with Crippen molar-refractivity contribution >= 4 is 92.3 Å². The molecule has 2 saturated heterocycles. The fraction of sp³-hybridized carbons (Fsp3) is 0.417. The van der Waals surface area contributed by atoms with Crippen molar-refractivity contribution in [1.29, 1.82) is 0 Å². The predicted octanol–water partition coefficient (Wildman–Crippen LogP) is -1.06. The van der Waals surface area contributed by atoms with Gasteiger partial charge < -0.3 is 10.2 Å². The predicted molar refractivity (Wildman–Crippen MR) is 174 cm³/mol. The number of Topliss-reactive ketones (excluding diaryl/α,β-unsaturated/α-hetero) is 1. The fourth-order valence-corrected chi connectivity index (χ4v) is 6.09. The molecule has 1 N–H and O–H groups in total. The molecule has 43 heavy (non-hydrogen) atoms. The number of hydrogen-bond acceptors (Lipinski definition) is 6. The van der Waals surface area contributed by atoms with E-state index in [1.54, 1.807) is 25.4 Å². The van der Waals surface area contributed by atoms with Gasteiger partial charge in [-0.2, -0.15) is 5.10 Å². The molecule has 203 valence electrons. The van der Waals surface area contributed by atoms with Gasteiger partial charge in [-0.3, -0.25) is 19.1 Å². The number of carbonyl (C=O) groups is 3. The van der Waals surface area contributed by atoms with E-state index >= 15 is 0 Å². The van der Waals surface area contributed by atoms with Gasteiger partial charge >= 0.3 is 0 Å². The lowest BCUT2D eigenvalue weighted by atomic mass is 8.61. The standard InChI is InChI=1S/C24H25B9FN6O3/c1-13(41)23-19-5-15(16-8-35-14(2)36-9-16)3-4-20(19)40(38-23)12-22(42)39-11-18(34)6-21(39)24(43)37-10-17-7-30(17)33(31(26)27)32(28)29-25/h3-5,8-9,17-18,21H,6-7,10-12H2,1-2H3,(H,37,43)/t17?,18-,21+/m1/s1. The Labute approximate surface area is 258 Å². The highest BCUT2D eigenvalue weighted by Gasteiger charge is 2.49. The van der Waals surface area contributed by atoms with Gasteiger partial charge in [0, 0.05) is 100 Å². The summed E-state index contributed by atoms with van der Waals surface area (Å²) in [4.78, 5) is 48.8. The Hall–Kier alpha value is -3.11. The molecule has 2 aliphatic rings. The second kappa shape index (κ2) is 12.9. The third kappa shape index (κ3) is 6.70. The minimum atomic E-state index is -1.34. The van der Waals surface area contributed by atoms with Crippen molar-refractivity contribution in [3.8, 4) is 11.1 Å². The monoisotopic (exact) mass is 563 g/mol. The van der Waals surface area contributed by atoms with Crippen LogP contribution in [0, 0.1) is 6.92 Å². The summed E-state index contributed by atoms with van der Waals surface area (Å²) in [5.74, 6) is -0.422. The van der Waals surface area contributed by atoms with Gasteiger partial charge in [0.15, 0.2) is 5.78 Å². The maximum atomic E-state index is 14.6. The number of likely N-dealkylation sites (tertiary alicyclic amines) is 1. The third-order valence-electron chi connectivity index (χ3n) is 8.48. The number of nitrogens with zero attached hydrogens (tertiary/aromatic N) is 5. The number of nitrogens with one attached hydrogen (secondary N) is 1. The molecule has 0 aliphatic carbocycles. The normalized spacial score (nSPS) is 19.3. The maximum Gasteiger partial charge on any atom is 0.245 e. The molecule has 19 heteroatoms. The second-order valence-electron chi connectivity index (χ2n) is 11.5. The molecule has 0 spiro atoms. The number of carbonyl (C=O) groups excluding carboxylic acids is 3. The quantitative estimate of drug-likeness (QED) is 0.236. The molecule has 3 atom stereocenters. The highest BCUT2D eigenvalue weighted by atomic mass is 19.1. The van der Waals surface area contributed by atoms with Crippen LogP contribution in [-0.2, 0) is 16.1 Å². The van der Waals surface area contributed by atoms with E-state index < -0.39 is 36.8 Å². The Morgan fingerprint density at radius 1 is 1.19 bits per heavy atom. The van der Waals surface area contributed by atoms with E-state index in [0.29, 0.717) is 23.3 Å². The number of ketones is 1. The van der Waals surface area contributed by atoms with Crippen molar-refractivity contribution < 1.29 is 18.8 Å². The molecule has 2 aliphatic heterocycles. The zero-order valence-electron chi connectivity index (χ0n) is 24.2. The molecule has 1 aromatic carbocycles. The van der Waals surface area contributed by atoms with E-state index in [0.717, 1.165) is 17.4 Å². The van der Waals surface area contributed by atoms with Crippen LogP contribution in [0.4, 0.5) is 4.39 Å². The average Bonchev–Trinajstić information content (AvgIpc) is 3.46. The molecule has 2 aromatic heterocycles. The van der Waals surface area contributed by atoms with Crippen LogP contribution in [0.2, 0.25) is 12.1 Å². The van der Waals surface area contributed by atoms with E-state index in [-0.39, 0.29) is 49.8 Å². The molecule has 9 radical (unpaired) electrons. The molecule has 1 unspecified atom stereocenters. The zero-order valence-corrected chi connectivity index (χ0v) is 24.2. The van der Waals surface area contributed by atoms with Gasteiger partial charge in [0.25, 0.3) is 0 Å². The van der Waals surface area contributed by atoms with Crippen LogP contribution in [0.15, 0.2) is 30.6 Å². The van der Waals surface area contributed by atoms with Crippen molar-refractivity contribution in [2.75, 3.05) is 13.1 Å². The number of aromatic nitrogens is 4. The summed E-state index contributed by atoms with van der Waals surface area (Å²) in [7, 11) is 24.8. The summed E-state index contributed by atoms with van der Waals surface area (Å²) in [5.41, 5.74) is 2.33. The number of benzene rings is 1. The molecule has 5 rings (SSSR count). The van der Waals surface area contributed by atoms with Crippen LogP contribution < -0.4 is 5.32 Å². The lowest BCUT2D eigenvalue weighted by molar-refractivity contribution is -0.139. The Balaban J connectivity index is 1.28. The Morgan fingerprint density at radius 2 is 1.91 bits per heavy atom. The fourth-order valence-electron chi connectivity index (χ4n) is 6.09. The van der Waals surface area contributed by atoms with Gasteiger partial charge in [0.2, 0.25) is 11.8 Å². The van der Waals surface area contributed by atoms with Crippen molar-refractivity contribution in [3.05, 3.63) is 42.1 Å². The van der Waals surface area contributed by atoms with Gasteiger partial charge in [-0.1, -0.05) is 18.2 Å². The second-order valence-corrected chi connectivity index (χ2v) is 11.5. The van der Waals surface area contributed by atoms with Crippen LogP contribution in [0.1, 0.15) is 29.7 Å². The summed E-state index contributed by atoms with van der Waals surface area (Å²) in [5, 5.41) is 7.86. The van der Waals surface area contributed by atoms with Crippen LogP contribution in [0.25, 0.3) is 22.0 Å². The molecular weight excluding hydrogens is 537 g/mol. The first-order valence-electron chi connectivity index (χ1n) is 14.3. The highest BCUT2D eigenvalue weighted by Crippen LogP contribution is 2.38. The molecular formula is C24H25B9FN6O3. The van der Waals surface area contributed by atoms with Gasteiger partial charge in [-0.05, 0) is 24.6 Å². The summed E-state index contributed by atoms with van der Waals surface area (Å²) < 4.78 is 16.0. The molecule has 0 bridgehead atoms. The highest BCUT2D eigenvalue weighted by molar-refractivity contribution is 7.96. The smallest absolute Gasteiger partial charge is 0.245 e. The van der Waals surface area contributed by atoms with Crippen molar-refractivity contribution in [1.82, 2.24) is 30.0 Å². The summed E-state index contributed by atoms with van der Waals surface area (Å²) in [6.45, 7) is 3.16. The van der Waals surface area contributed by atoms with Gasteiger partial charge in [0.05, 0.1) is 18.7 Å². The van der Waals surface area contributed by atoms with Crippen LogP contribution in [-0.4, -0.2) is 131 Å². The Morgan fingerprint density at radius 3 is 2.56 bits per heavy atom. The first kappa shape index (κ1) is 31.3. The average molecular weight is 562 g/mol. The largest absolute Gasteiger partial charge is 0.355 e. The third-order valence-corrected chi connectivity index (χ3v) is 8.48. The number of alkyl halides is 1. The van der Waals surface area contributed by atoms with E-state index in [4.69, 9.17) is 30.9 Å². The van der Waals surface area contributed by atoms with Gasteiger partial charge in [-0.15, -0.1) is 0 Å². The Bertz CT molecular complexity index is 1530. The van der Waals surface area contributed by atoms with Crippen LogP contribution in [0.5, 0.6) is 0 Å². The summed E-state index contributed by atoms with van der Waals surface area (Å²) >= 11 is 0. The number of amides is 2. The van der Waals surface area contributed by atoms with Gasteiger partial charge in [-0.25, -0.2) is 14.4 Å². The molecule has 9 nitrogen and oxygen atoms in total. The van der Waals surface area contributed by atoms with E-state index in [1.165, 1.54) is 23.6 Å². The summed E-state index contributed by atoms with van der Waals surface area (Å²) in [6.07, 6.45) is 1.38. The van der Waals surface area contributed by atoms with Gasteiger partial charge in [0.1, 0.15) is 30.3 Å². The lowest BCUT2D eigenvalue weighted by Gasteiger charge is -2.24. The number of aryl methyl sites for hydroxylation is 1. The van der Waals surface area contributed by atoms with Crippen molar-refractivity contribution in [2.45, 2.75) is 51.2 Å². The van der Waals surface area contributed by atoms with E-state index in [1.807, 2.05) is 12.1 Å². The first-order chi connectivity index (χ1) is 20.5. The van der Waals surface area contributed by atoms with Crippen molar-refractivity contribution in [2.24, 2.45) is 0 Å². The number of halogens is 1. The Kier molecular flexibility index (Phi) is 9.37. The SMILES string of the molecule is [B][B]B([B])B(B([B])[B])B1CC1CNC(=O)[C@@H]1C[C@@H](F)CN1C(=O)Cn1nc(C(C)=O)c2cc(-c3cnc(C)nc3)ccc21. The minimum absolute atomic E-state index is 0.102.